The van der Waals surface area contributed by atoms with Gasteiger partial charge in [-0.2, -0.15) is 0 Å². The molecule has 0 amide bonds. The summed E-state index contributed by atoms with van der Waals surface area (Å²) >= 11 is 0. The van der Waals surface area contributed by atoms with Crippen molar-refractivity contribution in [3.05, 3.63) is 0 Å². The van der Waals surface area contributed by atoms with Crippen LogP contribution in [0.3, 0.4) is 0 Å². The molecule has 0 saturated carbocycles. The van der Waals surface area contributed by atoms with Crippen molar-refractivity contribution >= 4 is 51.5 Å². The van der Waals surface area contributed by atoms with Crippen molar-refractivity contribution in [3.8, 4) is 0 Å². The van der Waals surface area contributed by atoms with Crippen LogP contribution >= 0.6 is 0 Å². The van der Waals surface area contributed by atoms with Gasteiger partial charge in [0.1, 0.15) is 0 Å². The van der Waals surface area contributed by atoms with E-state index in [1.165, 1.54) is 0 Å². The summed E-state index contributed by atoms with van der Waals surface area (Å²) < 4.78 is 0. The standard InChI is InChI=1S/C2H4O2.Sr.Ti.2H/c1-2(3)4;;;;/h1H3,(H,3,4);;;;. The van der Waals surface area contributed by atoms with Gasteiger partial charge in [0.15, 0.2) is 0 Å². The smallest absolute Gasteiger partial charge is 0 e. The van der Waals surface area contributed by atoms with E-state index < -0.39 is 5.97 Å². The summed E-state index contributed by atoms with van der Waals surface area (Å²) in [4.78, 5) is 9.00. The van der Waals surface area contributed by atoms with Gasteiger partial charge in [-0.3, -0.25) is 4.79 Å². The summed E-state index contributed by atoms with van der Waals surface area (Å²) in [7, 11) is 0. The van der Waals surface area contributed by atoms with Gasteiger partial charge < -0.3 is 5.11 Å². The van der Waals surface area contributed by atoms with Crippen molar-refractivity contribution in [1.82, 2.24) is 0 Å². The number of rotatable bonds is 0. The van der Waals surface area contributed by atoms with Crippen LogP contribution in [0.5, 0.6) is 0 Å². The first-order chi connectivity index (χ1) is 1.73. The van der Waals surface area contributed by atoms with Gasteiger partial charge in [-0.05, 0) is 0 Å². The second kappa shape index (κ2) is 9.83. The Hall–Kier alpha value is 1.66. The zero-order valence-corrected chi connectivity index (χ0v) is 4.42. The van der Waals surface area contributed by atoms with Crippen LogP contribution in [-0.2, 0) is 26.5 Å². The number of carboxylic acid groups (broad SMARTS) is 1. The molecule has 0 heterocycles. The van der Waals surface area contributed by atoms with E-state index >= 15 is 0 Å². The van der Waals surface area contributed by atoms with Crippen LogP contribution in [0.15, 0.2) is 0 Å². The van der Waals surface area contributed by atoms with E-state index in [9.17, 15) is 0 Å². The molecular formula is C2H6O2SrTi. The normalized spacial score (nSPS) is 4.17. The molecule has 0 fully saturated rings. The largest absolute Gasteiger partial charge is 0 e. The van der Waals surface area contributed by atoms with Crippen LogP contribution in [0.4, 0.5) is 0 Å². The Kier molecular flexibility index (Phi) is 25.6. The number of hydrogen-bond donors (Lipinski definition) is 1. The maximum absolute atomic E-state index is 9.00. The quantitative estimate of drug-likeness (QED) is 0.515. The van der Waals surface area contributed by atoms with Crippen molar-refractivity contribution in [2.24, 2.45) is 0 Å². The molecule has 0 aliphatic heterocycles. The molecule has 0 aliphatic rings. The number of hydrogen-bond acceptors (Lipinski definition) is 1. The van der Waals surface area contributed by atoms with Gasteiger partial charge in [-0.15, -0.1) is 0 Å². The van der Waals surface area contributed by atoms with Gasteiger partial charge in [-0.25, -0.2) is 0 Å². The number of aliphatic carboxylic acids is 1. The third-order valence-electron chi connectivity index (χ3n) is 0. The minimum atomic E-state index is -0.833. The molecular weight excluding hydrogens is 192 g/mol. The zero-order valence-electron chi connectivity index (χ0n) is 2.86. The SMILES string of the molecule is CC(=O)O.[SrH2].[Ti]. The van der Waals surface area contributed by atoms with E-state index in [2.05, 4.69) is 0 Å². The first-order valence-corrected chi connectivity index (χ1v) is 0.928. The summed E-state index contributed by atoms with van der Waals surface area (Å²) in [6.07, 6.45) is 0. The Morgan fingerprint density at radius 2 is 1.67 bits per heavy atom. The first kappa shape index (κ1) is 15.6. The maximum atomic E-state index is 9.00. The molecule has 0 aromatic heterocycles. The molecule has 1 N–H and O–H groups in total. The van der Waals surface area contributed by atoms with E-state index in [0.717, 1.165) is 6.92 Å². The van der Waals surface area contributed by atoms with Gasteiger partial charge in [0.05, 0.1) is 0 Å². The summed E-state index contributed by atoms with van der Waals surface area (Å²) in [5.41, 5.74) is 0. The predicted molar refractivity (Wildman–Crippen MR) is 21.9 cm³/mol. The molecule has 0 aromatic rings. The zero-order chi connectivity index (χ0) is 3.58. The minimum Gasteiger partial charge on any atom is 0 e. The van der Waals surface area contributed by atoms with E-state index in [-0.39, 0.29) is 67.2 Å². The van der Waals surface area contributed by atoms with Gasteiger partial charge in [-0.1, -0.05) is 0 Å². The topological polar surface area (TPSA) is 37.3 Å². The van der Waals surface area contributed by atoms with E-state index in [1.54, 1.807) is 0 Å². The molecule has 0 atom stereocenters. The monoisotopic (exact) mass is 198 g/mol. The van der Waals surface area contributed by atoms with Crippen LogP contribution in [-0.4, -0.2) is 56.6 Å². The number of carboxylic acids is 1. The predicted octanol–water partition coefficient (Wildman–Crippen LogP) is -0.828. The van der Waals surface area contributed by atoms with Crippen molar-refractivity contribution in [2.75, 3.05) is 0 Å². The van der Waals surface area contributed by atoms with Crippen LogP contribution in [0.25, 0.3) is 0 Å². The molecule has 0 spiro atoms. The molecule has 0 aromatic carbocycles. The Balaban J connectivity index is -0.0000000450. The minimum absolute atomic E-state index is 0. The fraction of sp³-hybridized carbons (Fsp3) is 0.500. The van der Waals surface area contributed by atoms with E-state index in [4.69, 9.17) is 9.90 Å². The maximum Gasteiger partial charge on any atom is 0 e. The molecule has 0 rings (SSSR count). The fourth-order valence-corrected chi connectivity index (χ4v) is 0. The summed E-state index contributed by atoms with van der Waals surface area (Å²) in [6, 6.07) is 0. The molecule has 32 valence electrons. The van der Waals surface area contributed by atoms with E-state index in [0.29, 0.717) is 0 Å². The Morgan fingerprint density at radius 1 is 1.67 bits per heavy atom. The van der Waals surface area contributed by atoms with Crippen molar-refractivity contribution in [2.45, 2.75) is 6.92 Å². The average Bonchev–Trinajstić information content (AvgIpc) is 0.811. The second-order valence-electron chi connectivity index (χ2n) is 0.519. The molecule has 0 radical (unpaired) electrons. The molecule has 2 nitrogen and oxygen atoms in total. The van der Waals surface area contributed by atoms with Gasteiger partial charge >= 0.3 is 45.5 Å². The molecule has 0 bridgehead atoms. The molecule has 0 aliphatic carbocycles. The van der Waals surface area contributed by atoms with Crippen LogP contribution in [0.1, 0.15) is 6.92 Å². The van der Waals surface area contributed by atoms with Crippen LogP contribution < -0.4 is 0 Å². The molecule has 0 saturated heterocycles. The van der Waals surface area contributed by atoms with E-state index in [1.807, 2.05) is 0 Å². The summed E-state index contributed by atoms with van der Waals surface area (Å²) in [5, 5.41) is 7.42. The Morgan fingerprint density at radius 3 is 1.67 bits per heavy atom. The van der Waals surface area contributed by atoms with Crippen molar-refractivity contribution in [1.29, 1.82) is 0 Å². The summed E-state index contributed by atoms with van der Waals surface area (Å²) in [6.45, 7) is 1.08. The third kappa shape index (κ3) is 44.5. The average molecular weight is 198 g/mol. The first-order valence-electron chi connectivity index (χ1n) is 0.928. The fourth-order valence-electron chi connectivity index (χ4n) is 0. The molecule has 6 heavy (non-hydrogen) atoms. The molecule has 4 heteroatoms. The Labute approximate surface area is 88.5 Å². The summed E-state index contributed by atoms with van der Waals surface area (Å²) in [5.74, 6) is -0.833. The molecule has 0 unspecified atom stereocenters. The third-order valence-corrected chi connectivity index (χ3v) is 0. The van der Waals surface area contributed by atoms with Crippen molar-refractivity contribution < 1.29 is 31.6 Å². The van der Waals surface area contributed by atoms with Gasteiger partial charge in [0, 0.05) is 28.6 Å². The van der Waals surface area contributed by atoms with Crippen LogP contribution in [0.2, 0.25) is 0 Å². The number of carbonyl (C=O) groups is 1. The van der Waals surface area contributed by atoms with Gasteiger partial charge in [0.2, 0.25) is 0 Å². The second-order valence-corrected chi connectivity index (χ2v) is 0.519. The van der Waals surface area contributed by atoms with Crippen LogP contribution in [0, 0.1) is 0 Å². The van der Waals surface area contributed by atoms with Gasteiger partial charge in [0.25, 0.3) is 5.97 Å². The van der Waals surface area contributed by atoms with Crippen molar-refractivity contribution in [3.63, 3.8) is 0 Å². The Bertz CT molecular complexity index is 34.5.